The number of esters is 2. The number of phenols is 2. The molecular weight excluding hydrogens is 532 g/mol. The van der Waals surface area contributed by atoms with Crippen LogP contribution in [0, 0.1) is 11.8 Å². The quantitative estimate of drug-likeness (QED) is 0.295. The van der Waals surface area contributed by atoms with Gasteiger partial charge in [-0.05, 0) is 65.4 Å². The molecule has 1 aliphatic heterocycles. The molecule has 0 spiro atoms. The van der Waals surface area contributed by atoms with E-state index in [0.717, 1.165) is 11.1 Å². The van der Waals surface area contributed by atoms with Crippen LogP contribution < -0.4 is 9.47 Å². The molecule has 4 atom stereocenters. The van der Waals surface area contributed by atoms with Crippen molar-refractivity contribution in [3.63, 3.8) is 0 Å². The van der Waals surface area contributed by atoms with E-state index in [1.54, 1.807) is 48.5 Å². The zero-order valence-electron chi connectivity index (χ0n) is 23.1. The Balaban J connectivity index is 1.53. The summed E-state index contributed by atoms with van der Waals surface area (Å²) in [6, 6.07) is 16.7. The predicted molar refractivity (Wildman–Crippen MR) is 147 cm³/mol. The number of methoxy groups -OCH3 is 3. The Labute approximate surface area is 238 Å². The molecule has 3 aromatic carbocycles. The van der Waals surface area contributed by atoms with Crippen LogP contribution in [-0.4, -0.2) is 67.9 Å². The number of ether oxygens (including phenoxy) is 5. The summed E-state index contributed by atoms with van der Waals surface area (Å²) in [6.45, 7) is 0.415. The molecular formula is C31H34O10. The van der Waals surface area contributed by atoms with Crippen LogP contribution in [0.4, 0.5) is 0 Å². The van der Waals surface area contributed by atoms with Gasteiger partial charge in [-0.1, -0.05) is 24.3 Å². The molecule has 41 heavy (non-hydrogen) atoms. The van der Waals surface area contributed by atoms with E-state index in [1.807, 2.05) is 6.07 Å². The maximum atomic E-state index is 13.1. The van der Waals surface area contributed by atoms with Gasteiger partial charge in [-0.25, -0.2) is 9.59 Å². The minimum absolute atomic E-state index is 0.000294. The molecule has 218 valence electrons. The van der Waals surface area contributed by atoms with Gasteiger partial charge in [0.05, 0.1) is 46.2 Å². The van der Waals surface area contributed by atoms with Crippen molar-refractivity contribution in [1.82, 2.24) is 0 Å². The number of aliphatic hydroxyl groups is 1. The van der Waals surface area contributed by atoms with E-state index < -0.39 is 24.1 Å². The van der Waals surface area contributed by atoms with Gasteiger partial charge in [0.15, 0.2) is 29.1 Å². The van der Waals surface area contributed by atoms with Crippen LogP contribution in [0.2, 0.25) is 0 Å². The average molecular weight is 567 g/mol. The van der Waals surface area contributed by atoms with Gasteiger partial charge < -0.3 is 39.0 Å². The van der Waals surface area contributed by atoms with Crippen LogP contribution in [0.25, 0.3) is 0 Å². The molecule has 10 heteroatoms. The first-order valence-corrected chi connectivity index (χ1v) is 13.1. The van der Waals surface area contributed by atoms with E-state index in [4.69, 9.17) is 18.9 Å². The van der Waals surface area contributed by atoms with Gasteiger partial charge in [-0.15, -0.1) is 0 Å². The first kappa shape index (κ1) is 29.7. The average Bonchev–Trinajstić information content (AvgIpc) is 3.37. The van der Waals surface area contributed by atoms with Gasteiger partial charge in [-0.3, -0.25) is 0 Å². The molecule has 0 radical (unpaired) electrons. The lowest BCUT2D eigenvalue weighted by atomic mass is 9.84. The normalized spacial score (nSPS) is 18.9. The van der Waals surface area contributed by atoms with E-state index in [0.29, 0.717) is 30.1 Å². The maximum Gasteiger partial charge on any atom is 0.338 e. The second-order valence-corrected chi connectivity index (χ2v) is 9.86. The molecule has 4 rings (SSSR count). The number of hydrogen-bond acceptors (Lipinski definition) is 10. The summed E-state index contributed by atoms with van der Waals surface area (Å²) < 4.78 is 27.0. The summed E-state index contributed by atoms with van der Waals surface area (Å²) in [4.78, 5) is 24.7. The first-order chi connectivity index (χ1) is 19.7. The molecule has 1 aliphatic rings. The standard InChI is InChI=1S/C31H34O10/c1-37-27-10-7-19(13-25(27)33)12-22-16-40-29(20-8-9-24(32)28(15-20)38-2)23(22)17-41-30(35)21-6-4-5-18(11-21)14-26(34)31(36)39-3/h4-11,13,15,22-23,26,29,32-34H,12,14,16-17H2,1-3H3/t22-,23-,26-,29+/m0/s1. The van der Waals surface area contributed by atoms with Crippen molar-refractivity contribution in [2.24, 2.45) is 11.8 Å². The van der Waals surface area contributed by atoms with Crippen LogP contribution in [0.3, 0.4) is 0 Å². The lowest BCUT2D eigenvalue weighted by molar-refractivity contribution is -0.150. The number of rotatable bonds is 11. The van der Waals surface area contributed by atoms with Crippen molar-refractivity contribution in [3.8, 4) is 23.0 Å². The minimum atomic E-state index is -1.34. The highest BCUT2D eigenvalue weighted by Gasteiger charge is 2.39. The topological polar surface area (TPSA) is 141 Å². The van der Waals surface area contributed by atoms with Crippen molar-refractivity contribution in [2.45, 2.75) is 25.0 Å². The van der Waals surface area contributed by atoms with Crippen molar-refractivity contribution in [2.75, 3.05) is 34.5 Å². The molecule has 0 aliphatic carbocycles. The predicted octanol–water partition coefficient (Wildman–Crippen LogP) is 3.59. The molecule has 0 aromatic heterocycles. The highest BCUT2D eigenvalue weighted by molar-refractivity contribution is 5.89. The summed E-state index contributed by atoms with van der Waals surface area (Å²) in [5.41, 5.74) is 2.49. The van der Waals surface area contributed by atoms with Gasteiger partial charge in [0, 0.05) is 12.3 Å². The van der Waals surface area contributed by atoms with Crippen molar-refractivity contribution in [3.05, 3.63) is 82.9 Å². The zero-order valence-corrected chi connectivity index (χ0v) is 23.1. The Morgan fingerprint density at radius 2 is 1.71 bits per heavy atom. The molecule has 3 aromatic rings. The zero-order chi connectivity index (χ0) is 29.5. The second kappa shape index (κ2) is 13.4. The van der Waals surface area contributed by atoms with Gasteiger partial charge >= 0.3 is 11.9 Å². The second-order valence-electron chi connectivity index (χ2n) is 9.86. The molecule has 3 N–H and O–H groups in total. The Morgan fingerprint density at radius 3 is 2.41 bits per heavy atom. The van der Waals surface area contributed by atoms with Crippen LogP contribution >= 0.6 is 0 Å². The van der Waals surface area contributed by atoms with E-state index in [-0.39, 0.29) is 41.9 Å². The Kier molecular flexibility index (Phi) is 9.69. The van der Waals surface area contributed by atoms with Crippen molar-refractivity contribution >= 4 is 11.9 Å². The summed E-state index contributed by atoms with van der Waals surface area (Å²) in [5, 5.41) is 30.3. The lowest BCUT2D eigenvalue weighted by Crippen LogP contribution is -2.25. The molecule has 0 unspecified atom stereocenters. The summed E-state index contributed by atoms with van der Waals surface area (Å²) in [6.07, 6.45) is -1.25. The fourth-order valence-corrected chi connectivity index (χ4v) is 5.06. The number of phenolic OH excluding ortho intramolecular Hbond substituents is 2. The lowest BCUT2D eigenvalue weighted by Gasteiger charge is -2.24. The van der Waals surface area contributed by atoms with Crippen molar-refractivity contribution < 1.29 is 48.6 Å². The number of hydrogen-bond donors (Lipinski definition) is 3. The highest BCUT2D eigenvalue weighted by atomic mass is 16.5. The Bertz CT molecular complexity index is 1370. The van der Waals surface area contributed by atoms with E-state index in [9.17, 15) is 24.9 Å². The Morgan fingerprint density at radius 1 is 0.927 bits per heavy atom. The van der Waals surface area contributed by atoms with Crippen LogP contribution in [-0.2, 0) is 31.8 Å². The van der Waals surface area contributed by atoms with Gasteiger partial charge in [0.2, 0.25) is 0 Å². The number of carbonyl (C=O) groups is 2. The van der Waals surface area contributed by atoms with Gasteiger partial charge in [-0.2, -0.15) is 0 Å². The molecule has 0 saturated carbocycles. The number of aliphatic hydroxyl groups excluding tert-OH is 1. The van der Waals surface area contributed by atoms with E-state index >= 15 is 0 Å². The van der Waals surface area contributed by atoms with E-state index in [2.05, 4.69) is 4.74 Å². The van der Waals surface area contributed by atoms with Crippen LogP contribution in [0.5, 0.6) is 23.0 Å². The van der Waals surface area contributed by atoms with Crippen LogP contribution in [0.15, 0.2) is 60.7 Å². The fraction of sp³-hybridized carbons (Fsp3) is 0.355. The van der Waals surface area contributed by atoms with Gasteiger partial charge in [0.25, 0.3) is 0 Å². The van der Waals surface area contributed by atoms with E-state index in [1.165, 1.54) is 27.4 Å². The monoisotopic (exact) mass is 566 g/mol. The third-order valence-corrected chi connectivity index (χ3v) is 7.23. The Hall–Kier alpha value is -4.28. The molecule has 1 heterocycles. The first-order valence-electron chi connectivity index (χ1n) is 13.1. The molecule has 10 nitrogen and oxygen atoms in total. The SMILES string of the molecule is COC(=O)[C@@H](O)Cc1cccc(C(=O)OC[C@H]2[C@@H](Cc3ccc(OC)c(O)c3)CO[C@@H]2c2ccc(O)c(OC)c2)c1. The molecule has 1 fully saturated rings. The fourth-order valence-electron chi connectivity index (χ4n) is 5.06. The maximum absolute atomic E-state index is 13.1. The summed E-state index contributed by atoms with van der Waals surface area (Å²) >= 11 is 0. The highest BCUT2D eigenvalue weighted by Crippen LogP contribution is 2.43. The largest absolute Gasteiger partial charge is 0.504 e. The van der Waals surface area contributed by atoms with Crippen LogP contribution in [0.1, 0.15) is 33.2 Å². The number of carbonyl (C=O) groups excluding carboxylic acids is 2. The molecule has 0 bridgehead atoms. The minimum Gasteiger partial charge on any atom is -0.504 e. The summed E-state index contributed by atoms with van der Waals surface area (Å²) in [7, 11) is 4.14. The smallest absolute Gasteiger partial charge is 0.338 e. The number of aromatic hydroxyl groups is 2. The molecule has 0 amide bonds. The third-order valence-electron chi connectivity index (χ3n) is 7.23. The van der Waals surface area contributed by atoms with Crippen molar-refractivity contribution in [1.29, 1.82) is 0 Å². The number of benzene rings is 3. The van der Waals surface area contributed by atoms with Gasteiger partial charge in [0.1, 0.15) is 0 Å². The summed E-state index contributed by atoms with van der Waals surface area (Å²) in [5.74, 6) is -0.942. The molecule has 1 saturated heterocycles. The third kappa shape index (κ3) is 7.08.